The summed E-state index contributed by atoms with van der Waals surface area (Å²) in [4.78, 5) is 31.1. The van der Waals surface area contributed by atoms with Gasteiger partial charge in [-0.2, -0.15) is 0 Å². The van der Waals surface area contributed by atoms with E-state index in [9.17, 15) is 9.59 Å². The van der Waals surface area contributed by atoms with Crippen LogP contribution in [-0.4, -0.2) is 24.1 Å². The molecule has 1 fully saturated rings. The second-order valence-corrected chi connectivity index (χ2v) is 9.36. The van der Waals surface area contributed by atoms with Gasteiger partial charge in [0.25, 0.3) is 0 Å². The highest BCUT2D eigenvalue weighted by molar-refractivity contribution is 6.12. The van der Waals surface area contributed by atoms with Gasteiger partial charge in [-0.3, -0.25) is 9.79 Å². The van der Waals surface area contributed by atoms with Crippen LogP contribution in [0.5, 0.6) is 0 Å². The van der Waals surface area contributed by atoms with Gasteiger partial charge in [0.1, 0.15) is 17.3 Å². The minimum atomic E-state index is -0.492. The molecule has 0 bridgehead atoms. The fraction of sp³-hybridized carbons (Fsp3) is 0.423. The van der Waals surface area contributed by atoms with Gasteiger partial charge in [0.2, 0.25) is 0 Å². The summed E-state index contributed by atoms with van der Waals surface area (Å²) in [6.45, 7) is 8.13. The summed E-state index contributed by atoms with van der Waals surface area (Å²) in [5.41, 5.74) is 2.86. The Balaban J connectivity index is 1.65. The van der Waals surface area contributed by atoms with Crippen LogP contribution in [0.1, 0.15) is 56.6 Å². The quantitative estimate of drug-likeness (QED) is 0.625. The summed E-state index contributed by atoms with van der Waals surface area (Å²) in [6, 6.07) is 13.6. The van der Waals surface area contributed by atoms with Crippen LogP contribution in [0.15, 0.2) is 63.1 Å². The van der Waals surface area contributed by atoms with E-state index >= 15 is 0 Å². The molecule has 0 radical (unpaired) electrons. The van der Waals surface area contributed by atoms with Gasteiger partial charge in [0, 0.05) is 24.3 Å². The van der Waals surface area contributed by atoms with Gasteiger partial charge in [-0.25, -0.2) is 4.79 Å². The van der Waals surface area contributed by atoms with E-state index in [-0.39, 0.29) is 17.8 Å². The predicted octanol–water partition coefficient (Wildman–Crippen LogP) is 5.19. The molecule has 2 heterocycles. The largest absolute Gasteiger partial charge is 0.466 e. The molecule has 5 heteroatoms. The predicted molar refractivity (Wildman–Crippen MR) is 119 cm³/mol. The number of furan rings is 1. The molecule has 1 aliphatic carbocycles. The molecule has 5 nitrogen and oxygen atoms in total. The van der Waals surface area contributed by atoms with Gasteiger partial charge in [-0.05, 0) is 43.4 Å². The summed E-state index contributed by atoms with van der Waals surface area (Å²) < 4.78 is 11.6. The molecule has 0 amide bonds. The number of benzene rings is 1. The van der Waals surface area contributed by atoms with Crippen molar-refractivity contribution in [3.05, 3.63) is 70.8 Å². The van der Waals surface area contributed by atoms with Gasteiger partial charge < -0.3 is 9.15 Å². The Hall–Kier alpha value is -2.95. The van der Waals surface area contributed by atoms with Gasteiger partial charge in [0.15, 0.2) is 0 Å². The molecule has 2 atom stereocenters. The third-order valence-corrected chi connectivity index (χ3v) is 6.12. The number of ketones is 1. The lowest BCUT2D eigenvalue weighted by atomic mass is 9.64. The molecule has 1 unspecified atom stereocenters. The van der Waals surface area contributed by atoms with Crippen molar-refractivity contribution in [2.45, 2.75) is 52.9 Å². The van der Waals surface area contributed by atoms with Crippen molar-refractivity contribution >= 4 is 17.5 Å². The van der Waals surface area contributed by atoms with Crippen molar-refractivity contribution in [1.29, 1.82) is 0 Å². The number of rotatable bonds is 5. The Kier molecular flexibility index (Phi) is 5.69. The summed E-state index contributed by atoms with van der Waals surface area (Å²) >= 11 is 0. The van der Waals surface area contributed by atoms with Crippen molar-refractivity contribution in [3.8, 4) is 0 Å². The Morgan fingerprint density at radius 3 is 2.52 bits per heavy atom. The molecule has 1 saturated carbocycles. The number of aliphatic imine (C=N–C) groups is 1. The highest BCUT2D eigenvalue weighted by atomic mass is 16.5. The fourth-order valence-electron chi connectivity index (χ4n) is 4.77. The maximum atomic E-state index is 13.2. The number of ether oxygens (including phenoxy) is 1. The van der Waals surface area contributed by atoms with E-state index in [0.29, 0.717) is 29.9 Å². The normalized spacial score (nSPS) is 22.7. The minimum absolute atomic E-state index is 0.108. The minimum Gasteiger partial charge on any atom is -0.466 e. The van der Waals surface area contributed by atoms with Crippen LogP contribution < -0.4 is 0 Å². The lowest BCUT2D eigenvalue weighted by molar-refractivity contribution is -0.139. The Morgan fingerprint density at radius 1 is 1.10 bits per heavy atom. The molecule has 0 spiro atoms. The number of allylic oxidation sites excluding steroid dienone is 1. The second kappa shape index (κ2) is 8.29. The number of Topliss-reactive ketones (excluding diaryl/α,β-unsaturated/α-hetero) is 1. The van der Waals surface area contributed by atoms with E-state index in [1.165, 1.54) is 0 Å². The van der Waals surface area contributed by atoms with Crippen LogP contribution in [0.25, 0.3) is 0 Å². The third kappa shape index (κ3) is 4.41. The Labute approximate surface area is 183 Å². The molecule has 1 aromatic heterocycles. The maximum Gasteiger partial charge on any atom is 0.336 e. The van der Waals surface area contributed by atoms with E-state index in [4.69, 9.17) is 14.1 Å². The Morgan fingerprint density at radius 2 is 1.84 bits per heavy atom. The lowest BCUT2D eigenvalue weighted by Crippen LogP contribution is -2.44. The van der Waals surface area contributed by atoms with Crippen LogP contribution >= 0.6 is 0 Å². The smallest absolute Gasteiger partial charge is 0.336 e. The first-order valence-corrected chi connectivity index (χ1v) is 10.8. The number of fused-ring (bicyclic) bond motifs is 1. The van der Waals surface area contributed by atoms with Crippen LogP contribution in [0.2, 0.25) is 0 Å². The number of esters is 1. The van der Waals surface area contributed by atoms with Gasteiger partial charge in [-0.1, -0.05) is 44.2 Å². The molecule has 1 aromatic carbocycles. The van der Waals surface area contributed by atoms with Crippen molar-refractivity contribution < 1.29 is 18.7 Å². The highest BCUT2D eigenvalue weighted by Gasteiger charge is 2.48. The van der Waals surface area contributed by atoms with Crippen LogP contribution in [-0.2, 0) is 20.7 Å². The van der Waals surface area contributed by atoms with Crippen molar-refractivity contribution in [3.63, 3.8) is 0 Å². The maximum absolute atomic E-state index is 13.2. The summed E-state index contributed by atoms with van der Waals surface area (Å²) in [5, 5.41) is 0. The molecule has 2 aromatic rings. The van der Waals surface area contributed by atoms with Gasteiger partial charge >= 0.3 is 5.97 Å². The van der Waals surface area contributed by atoms with E-state index in [0.717, 1.165) is 23.5 Å². The van der Waals surface area contributed by atoms with Crippen LogP contribution in [0.3, 0.4) is 0 Å². The Bertz CT molecular complexity index is 1060. The third-order valence-electron chi connectivity index (χ3n) is 6.12. The number of carbonyl (C=O) groups is 2. The fourth-order valence-corrected chi connectivity index (χ4v) is 4.77. The molecular formula is C26H29NO4. The van der Waals surface area contributed by atoms with E-state index in [2.05, 4.69) is 13.8 Å². The lowest BCUT2D eigenvalue weighted by Gasteiger charge is -2.40. The molecule has 31 heavy (non-hydrogen) atoms. The van der Waals surface area contributed by atoms with Crippen molar-refractivity contribution in [2.24, 2.45) is 16.3 Å². The summed E-state index contributed by atoms with van der Waals surface area (Å²) in [7, 11) is 0. The zero-order valence-electron chi connectivity index (χ0n) is 18.6. The molecule has 2 aliphatic rings. The molecule has 0 N–H and O–H groups in total. The van der Waals surface area contributed by atoms with E-state index in [1.807, 2.05) is 56.3 Å². The van der Waals surface area contributed by atoms with E-state index < -0.39 is 17.8 Å². The number of aryl methyl sites for hydroxylation is 1. The zero-order valence-corrected chi connectivity index (χ0v) is 18.6. The number of hydrogen-bond acceptors (Lipinski definition) is 5. The van der Waals surface area contributed by atoms with Crippen molar-refractivity contribution in [1.82, 2.24) is 0 Å². The summed E-state index contributed by atoms with van der Waals surface area (Å²) in [5.74, 6) is 0.0893. The van der Waals surface area contributed by atoms with Crippen molar-refractivity contribution in [2.75, 3.05) is 6.61 Å². The molecular weight excluding hydrogens is 390 g/mol. The first-order valence-electron chi connectivity index (χ1n) is 10.8. The highest BCUT2D eigenvalue weighted by Crippen LogP contribution is 2.47. The number of hydrogen-bond donors (Lipinski definition) is 0. The molecule has 162 valence electrons. The monoisotopic (exact) mass is 419 g/mol. The average Bonchev–Trinajstić information content (AvgIpc) is 3.12. The summed E-state index contributed by atoms with van der Waals surface area (Å²) in [6.07, 6.45) is 1.82. The SMILES string of the molecule is CC1=C(C(=O)OCCc2ccccc2)[C@H](c2ccc(C)o2)C2C(=O)CC(C)(C)CC2=N1. The van der Waals surface area contributed by atoms with Gasteiger partial charge in [0.05, 0.1) is 24.0 Å². The molecule has 1 aliphatic heterocycles. The molecule has 0 saturated heterocycles. The molecule has 4 rings (SSSR count). The average molecular weight is 420 g/mol. The number of carbonyl (C=O) groups excluding carboxylic acids is 2. The topological polar surface area (TPSA) is 68.9 Å². The first-order chi connectivity index (χ1) is 14.7. The van der Waals surface area contributed by atoms with Gasteiger partial charge in [-0.15, -0.1) is 0 Å². The van der Waals surface area contributed by atoms with E-state index in [1.54, 1.807) is 0 Å². The zero-order chi connectivity index (χ0) is 22.2. The first kappa shape index (κ1) is 21.3. The van der Waals surface area contributed by atoms with Crippen LogP contribution in [0.4, 0.5) is 0 Å². The number of nitrogens with zero attached hydrogens (tertiary/aromatic N) is 1. The standard InChI is InChI=1S/C26H29NO4/c1-16-10-11-21(31-16)24-22(25(29)30-13-12-18-8-6-5-7-9-18)17(2)27-19-14-26(3,4)15-20(28)23(19)24/h5-11,23-24H,12-15H2,1-4H3/t23?,24-/m0/s1. The second-order valence-electron chi connectivity index (χ2n) is 9.36. The van der Waals surface area contributed by atoms with Crippen LogP contribution in [0, 0.1) is 18.3 Å².